The molecule has 2 fully saturated rings. The van der Waals surface area contributed by atoms with E-state index in [0.717, 1.165) is 0 Å². The fraction of sp³-hybridized carbons (Fsp3) is 0.417. The van der Waals surface area contributed by atoms with Gasteiger partial charge in [-0.05, 0) is 31.4 Å². The number of nitrogens with zero attached hydrogens (tertiary/aromatic N) is 1. The van der Waals surface area contributed by atoms with Crippen molar-refractivity contribution in [2.24, 2.45) is 0 Å². The molecule has 4 atom stereocenters. The molecule has 0 bridgehead atoms. The van der Waals surface area contributed by atoms with Gasteiger partial charge >= 0.3 is 0 Å². The van der Waals surface area contributed by atoms with E-state index in [2.05, 4.69) is 60.0 Å². The van der Waals surface area contributed by atoms with E-state index in [9.17, 15) is 5.11 Å². The summed E-state index contributed by atoms with van der Waals surface area (Å²) in [7, 11) is 0. The van der Waals surface area contributed by atoms with Gasteiger partial charge in [-0.15, -0.1) is 6.58 Å². The quantitative estimate of drug-likeness (QED) is 0.773. The van der Waals surface area contributed by atoms with Gasteiger partial charge in [-0.2, -0.15) is 0 Å². The minimum Gasteiger partial charge on any atom is -0.391 e. The van der Waals surface area contributed by atoms with E-state index in [1.807, 2.05) is 26.0 Å². The Morgan fingerprint density at radius 1 is 1.07 bits per heavy atom. The molecular formula is C24H29NO3. The Balaban J connectivity index is 1.75. The molecule has 0 unspecified atom stereocenters. The van der Waals surface area contributed by atoms with Crippen LogP contribution in [-0.4, -0.2) is 46.7 Å². The van der Waals surface area contributed by atoms with Crippen LogP contribution < -0.4 is 0 Å². The van der Waals surface area contributed by atoms with E-state index in [1.165, 1.54) is 11.1 Å². The maximum Gasteiger partial charge on any atom is 0.163 e. The molecule has 0 aliphatic carbocycles. The number of hydrogen-bond acceptors (Lipinski definition) is 4. The third-order valence-electron chi connectivity index (χ3n) is 5.70. The Hall–Kier alpha value is -1.98. The predicted octanol–water partition coefficient (Wildman–Crippen LogP) is 3.92. The summed E-state index contributed by atoms with van der Waals surface area (Å²) >= 11 is 0. The van der Waals surface area contributed by atoms with Gasteiger partial charge < -0.3 is 14.6 Å². The molecule has 4 rings (SSSR count). The van der Waals surface area contributed by atoms with Gasteiger partial charge in [0.05, 0.1) is 18.2 Å². The topological polar surface area (TPSA) is 41.9 Å². The van der Waals surface area contributed by atoms with E-state index in [0.29, 0.717) is 13.0 Å². The first-order valence-corrected chi connectivity index (χ1v) is 10.0. The van der Waals surface area contributed by atoms with Crippen molar-refractivity contribution in [1.29, 1.82) is 0 Å². The largest absolute Gasteiger partial charge is 0.391 e. The van der Waals surface area contributed by atoms with Crippen LogP contribution in [0, 0.1) is 0 Å². The average Bonchev–Trinajstić information content (AvgIpc) is 3.15. The zero-order valence-electron chi connectivity index (χ0n) is 16.6. The Morgan fingerprint density at radius 3 is 2.18 bits per heavy atom. The molecule has 4 nitrogen and oxygen atoms in total. The maximum atomic E-state index is 11.0. The van der Waals surface area contributed by atoms with Crippen molar-refractivity contribution in [1.82, 2.24) is 4.90 Å². The van der Waals surface area contributed by atoms with Crippen LogP contribution in [0.3, 0.4) is 0 Å². The molecular weight excluding hydrogens is 350 g/mol. The summed E-state index contributed by atoms with van der Waals surface area (Å²) in [6, 6.07) is 20.8. The van der Waals surface area contributed by atoms with Crippen molar-refractivity contribution in [2.75, 3.05) is 6.54 Å². The van der Waals surface area contributed by atoms with Crippen molar-refractivity contribution in [3.05, 3.63) is 84.4 Å². The van der Waals surface area contributed by atoms with Gasteiger partial charge in [-0.3, -0.25) is 4.90 Å². The van der Waals surface area contributed by atoms with Gasteiger partial charge in [0, 0.05) is 6.54 Å². The standard InChI is InChI=1S/C24H29NO3/c1-4-11-19(26)22-23-20(27-24(2,3)28-23)16-25(22)21(17-12-7-5-8-13-17)18-14-9-6-10-15-18/h4-10,12-15,19-23,26H,1,11,16H2,2-3H3/t19-,20+,22+,23+/m0/s1. The number of benzene rings is 2. The van der Waals surface area contributed by atoms with Crippen molar-refractivity contribution in [3.63, 3.8) is 0 Å². The summed E-state index contributed by atoms with van der Waals surface area (Å²) in [5, 5.41) is 11.0. The third-order valence-corrected chi connectivity index (χ3v) is 5.70. The molecule has 0 radical (unpaired) electrons. The molecule has 1 N–H and O–H groups in total. The zero-order valence-corrected chi connectivity index (χ0v) is 16.6. The molecule has 0 amide bonds. The first-order valence-electron chi connectivity index (χ1n) is 10.0. The van der Waals surface area contributed by atoms with E-state index in [-0.39, 0.29) is 24.3 Å². The number of rotatable bonds is 6. The van der Waals surface area contributed by atoms with Crippen LogP contribution in [0.2, 0.25) is 0 Å². The van der Waals surface area contributed by atoms with Gasteiger partial charge in [-0.25, -0.2) is 0 Å². The van der Waals surface area contributed by atoms with Crippen LogP contribution in [0.5, 0.6) is 0 Å². The van der Waals surface area contributed by atoms with Crippen molar-refractivity contribution >= 4 is 0 Å². The first kappa shape index (κ1) is 19.3. The molecule has 2 heterocycles. The Kier molecular flexibility index (Phi) is 5.39. The summed E-state index contributed by atoms with van der Waals surface area (Å²) < 4.78 is 12.4. The highest BCUT2D eigenvalue weighted by Gasteiger charge is 2.56. The monoisotopic (exact) mass is 379 g/mol. The van der Waals surface area contributed by atoms with Crippen LogP contribution in [0.1, 0.15) is 37.4 Å². The lowest BCUT2D eigenvalue weighted by molar-refractivity contribution is -0.168. The minimum absolute atomic E-state index is 0.0211. The Morgan fingerprint density at radius 2 is 1.64 bits per heavy atom. The van der Waals surface area contributed by atoms with E-state index in [1.54, 1.807) is 6.08 Å². The molecule has 0 spiro atoms. The second-order valence-electron chi connectivity index (χ2n) is 8.14. The van der Waals surface area contributed by atoms with Crippen LogP contribution in [0.4, 0.5) is 0 Å². The normalized spacial score (nSPS) is 27.6. The fourth-order valence-electron chi connectivity index (χ4n) is 4.69. The molecule has 0 aromatic heterocycles. The van der Waals surface area contributed by atoms with E-state index >= 15 is 0 Å². The lowest BCUT2D eigenvalue weighted by Crippen LogP contribution is -2.48. The van der Waals surface area contributed by atoms with Gasteiger partial charge in [-0.1, -0.05) is 66.7 Å². The summed E-state index contributed by atoms with van der Waals surface area (Å²) in [5.41, 5.74) is 2.40. The van der Waals surface area contributed by atoms with Crippen LogP contribution in [-0.2, 0) is 9.47 Å². The highest BCUT2D eigenvalue weighted by Crippen LogP contribution is 2.43. The maximum absolute atomic E-state index is 11.0. The summed E-state index contributed by atoms with van der Waals surface area (Å²) in [6.45, 7) is 8.42. The van der Waals surface area contributed by atoms with Gasteiger partial charge in [0.25, 0.3) is 0 Å². The smallest absolute Gasteiger partial charge is 0.163 e. The summed E-state index contributed by atoms with van der Waals surface area (Å²) in [5.74, 6) is -0.622. The van der Waals surface area contributed by atoms with Crippen molar-refractivity contribution in [2.45, 2.75) is 56.5 Å². The first-order chi connectivity index (χ1) is 13.5. The number of hydrogen-bond donors (Lipinski definition) is 1. The molecule has 2 aromatic carbocycles. The zero-order chi connectivity index (χ0) is 19.7. The molecule has 2 aromatic rings. The van der Waals surface area contributed by atoms with Crippen LogP contribution in [0.15, 0.2) is 73.3 Å². The van der Waals surface area contributed by atoms with Crippen molar-refractivity contribution < 1.29 is 14.6 Å². The van der Waals surface area contributed by atoms with Crippen LogP contribution >= 0.6 is 0 Å². The number of fused-ring (bicyclic) bond motifs is 1. The Labute approximate surface area is 167 Å². The molecule has 2 aliphatic rings. The average molecular weight is 380 g/mol. The molecule has 0 saturated carbocycles. The lowest BCUT2D eigenvalue weighted by Gasteiger charge is -2.38. The molecule has 148 valence electrons. The van der Waals surface area contributed by atoms with Crippen molar-refractivity contribution in [3.8, 4) is 0 Å². The van der Waals surface area contributed by atoms with Gasteiger partial charge in [0.1, 0.15) is 12.2 Å². The number of ether oxygens (including phenoxy) is 2. The second kappa shape index (κ2) is 7.80. The SMILES string of the molecule is C=CC[C@H](O)[C@@H]1[C@@H]2OC(C)(C)O[C@@H]2CN1C(c1ccccc1)c1ccccc1. The number of aliphatic hydroxyl groups excluding tert-OH is 1. The minimum atomic E-state index is -0.622. The fourth-order valence-corrected chi connectivity index (χ4v) is 4.69. The predicted molar refractivity (Wildman–Crippen MR) is 110 cm³/mol. The second-order valence-corrected chi connectivity index (χ2v) is 8.14. The van der Waals surface area contributed by atoms with E-state index in [4.69, 9.17) is 9.47 Å². The van der Waals surface area contributed by atoms with Gasteiger partial charge in [0.2, 0.25) is 0 Å². The molecule has 2 saturated heterocycles. The molecule has 28 heavy (non-hydrogen) atoms. The van der Waals surface area contributed by atoms with Gasteiger partial charge in [0.15, 0.2) is 5.79 Å². The summed E-state index contributed by atoms with van der Waals surface area (Å²) in [6.07, 6.45) is 1.50. The molecule has 2 aliphatic heterocycles. The number of aliphatic hydroxyl groups is 1. The highest BCUT2D eigenvalue weighted by atomic mass is 16.8. The molecule has 4 heteroatoms. The Bertz CT molecular complexity index is 753. The number of likely N-dealkylation sites (tertiary alicyclic amines) is 1. The van der Waals surface area contributed by atoms with E-state index < -0.39 is 11.9 Å². The lowest BCUT2D eigenvalue weighted by atomic mass is 9.94. The third kappa shape index (κ3) is 3.65. The summed E-state index contributed by atoms with van der Waals surface area (Å²) in [4.78, 5) is 2.35. The van der Waals surface area contributed by atoms with Crippen LogP contribution in [0.25, 0.3) is 0 Å². The highest BCUT2D eigenvalue weighted by molar-refractivity contribution is 5.33.